The fourth-order valence-corrected chi connectivity index (χ4v) is 3.30. The van der Waals surface area contributed by atoms with Gasteiger partial charge < -0.3 is 10.3 Å². The number of fused-ring (bicyclic) bond motifs is 1. The number of nitrogens with one attached hydrogen (secondary N) is 2. The Kier molecular flexibility index (Phi) is 3.46. The molecular formula is C17H17FN4O. The third kappa shape index (κ3) is 2.45. The maximum absolute atomic E-state index is 14.1. The Morgan fingerprint density at radius 1 is 1.17 bits per heavy atom. The third-order valence-corrected chi connectivity index (χ3v) is 4.46. The van der Waals surface area contributed by atoms with Gasteiger partial charge in [-0.05, 0) is 32.0 Å². The minimum Gasteiger partial charge on any atom is -0.317 e. The third-order valence-electron chi connectivity index (χ3n) is 4.46. The van der Waals surface area contributed by atoms with E-state index in [0.29, 0.717) is 16.8 Å². The number of nitrogens with zero attached hydrogens (tertiary/aromatic N) is 2. The van der Waals surface area contributed by atoms with E-state index < -0.39 is 0 Å². The first-order valence-corrected chi connectivity index (χ1v) is 7.80. The fourth-order valence-electron chi connectivity index (χ4n) is 3.30. The van der Waals surface area contributed by atoms with Gasteiger partial charge in [-0.1, -0.05) is 18.2 Å². The summed E-state index contributed by atoms with van der Waals surface area (Å²) in [6.07, 6.45) is 3.55. The molecule has 0 amide bonds. The molecule has 0 aliphatic carbocycles. The maximum atomic E-state index is 14.1. The Hall–Kier alpha value is -2.47. The normalized spacial score (nSPS) is 16.0. The van der Waals surface area contributed by atoms with Crippen molar-refractivity contribution in [2.75, 3.05) is 13.1 Å². The zero-order valence-corrected chi connectivity index (χ0v) is 12.6. The van der Waals surface area contributed by atoms with Crippen molar-refractivity contribution in [1.82, 2.24) is 19.9 Å². The maximum Gasteiger partial charge on any atom is 0.251 e. The van der Waals surface area contributed by atoms with Crippen molar-refractivity contribution in [2.45, 2.75) is 18.8 Å². The van der Waals surface area contributed by atoms with Crippen LogP contribution in [0.25, 0.3) is 16.8 Å². The summed E-state index contributed by atoms with van der Waals surface area (Å²) in [6, 6.07) is 8.14. The monoisotopic (exact) mass is 312 g/mol. The van der Waals surface area contributed by atoms with Crippen LogP contribution in [0.4, 0.5) is 4.39 Å². The van der Waals surface area contributed by atoms with Gasteiger partial charge in [-0.2, -0.15) is 5.10 Å². The number of benzene rings is 1. The molecular weight excluding hydrogens is 295 g/mol. The van der Waals surface area contributed by atoms with E-state index in [1.54, 1.807) is 35.0 Å². The smallest absolute Gasteiger partial charge is 0.251 e. The van der Waals surface area contributed by atoms with Crippen LogP contribution in [0, 0.1) is 5.82 Å². The molecule has 118 valence electrons. The molecule has 1 aliphatic rings. The molecule has 23 heavy (non-hydrogen) atoms. The SMILES string of the molecule is O=c1cc(C2CCNCC2)n2ncc(-c3ccccc3F)c2[nH]1. The van der Waals surface area contributed by atoms with Gasteiger partial charge in [0.2, 0.25) is 0 Å². The van der Waals surface area contributed by atoms with Gasteiger partial charge in [0.15, 0.2) is 0 Å². The van der Waals surface area contributed by atoms with E-state index >= 15 is 0 Å². The van der Waals surface area contributed by atoms with Crippen LogP contribution in [0.5, 0.6) is 0 Å². The average molecular weight is 312 g/mol. The van der Waals surface area contributed by atoms with Crippen molar-refractivity contribution < 1.29 is 4.39 Å². The molecule has 0 radical (unpaired) electrons. The van der Waals surface area contributed by atoms with Crippen molar-refractivity contribution in [3.8, 4) is 11.1 Å². The highest BCUT2D eigenvalue weighted by atomic mass is 19.1. The van der Waals surface area contributed by atoms with Crippen molar-refractivity contribution in [3.05, 3.63) is 58.4 Å². The molecule has 2 aromatic heterocycles. The summed E-state index contributed by atoms with van der Waals surface area (Å²) in [5.74, 6) is -0.0371. The molecule has 1 saturated heterocycles. The van der Waals surface area contributed by atoms with Crippen LogP contribution in [0.3, 0.4) is 0 Å². The quantitative estimate of drug-likeness (QED) is 0.763. The summed E-state index contributed by atoms with van der Waals surface area (Å²) in [5.41, 5.74) is 2.32. The standard InChI is InChI=1S/C17H17FN4O/c18-14-4-2-1-3-12(14)13-10-20-22-15(9-16(23)21-17(13)22)11-5-7-19-8-6-11/h1-4,9-11,19H,5-8H2,(H,21,23). The zero-order valence-electron chi connectivity index (χ0n) is 12.6. The molecule has 1 aromatic carbocycles. The second-order valence-electron chi connectivity index (χ2n) is 5.88. The molecule has 4 rings (SSSR count). The minimum atomic E-state index is -0.324. The summed E-state index contributed by atoms with van der Waals surface area (Å²) in [6.45, 7) is 1.86. The number of rotatable bonds is 2. The minimum absolute atomic E-state index is 0.177. The molecule has 3 aromatic rings. The number of piperidine rings is 1. The lowest BCUT2D eigenvalue weighted by Crippen LogP contribution is -2.28. The van der Waals surface area contributed by atoms with E-state index in [-0.39, 0.29) is 17.3 Å². The topological polar surface area (TPSA) is 62.2 Å². The first-order valence-electron chi connectivity index (χ1n) is 7.80. The lowest BCUT2D eigenvalue weighted by atomic mass is 9.94. The van der Waals surface area contributed by atoms with Gasteiger partial charge in [-0.15, -0.1) is 0 Å². The van der Waals surface area contributed by atoms with Crippen molar-refractivity contribution in [3.63, 3.8) is 0 Å². The molecule has 1 fully saturated rings. The number of hydrogen-bond acceptors (Lipinski definition) is 3. The first kappa shape index (κ1) is 14.1. The highest BCUT2D eigenvalue weighted by Gasteiger charge is 2.21. The summed E-state index contributed by atoms with van der Waals surface area (Å²) in [4.78, 5) is 14.9. The van der Waals surface area contributed by atoms with E-state index in [1.807, 2.05) is 0 Å². The second-order valence-corrected chi connectivity index (χ2v) is 5.88. The van der Waals surface area contributed by atoms with Gasteiger partial charge in [-0.3, -0.25) is 4.79 Å². The lowest BCUT2D eigenvalue weighted by molar-refractivity contribution is 0.446. The Balaban J connectivity index is 1.91. The summed E-state index contributed by atoms with van der Waals surface area (Å²) in [7, 11) is 0. The Labute approximate surface area is 132 Å². The van der Waals surface area contributed by atoms with Gasteiger partial charge in [0.25, 0.3) is 5.56 Å². The zero-order chi connectivity index (χ0) is 15.8. The summed E-state index contributed by atoms with van der Waals surface area (Å²) >= 11 is 0. The summed E-state index contributed by atoms with van der Waals surface area (Å²) in [5, 5.41) is 7.73. The number of hydrogen-bond donors (Lipinski definition) is 2. The van der Waals surface area contributed by atoms with Crippen LogP contribution in [-0.2, 0) is 0 Å². The predicted molar refractivity (Wildman–Crippen MR) is 86.1 cm³/mol. The second kappa shape index (κ2) is 5.62. The molecule has 3 heterocycles. The molecule has 0 spiro atoms. The van der Waals surface area contributed by atoms with Crippen LogP contribution in [0.1, 0.15) is 24.5 Å². The van der Waals surface area contributed by atoms with E-state index in [4.69, 9.17) is 0 Å². The first-order chi connectivity index (χ1) is 11.2. The number of halogens is 1. The molecule has 0 saturated carbocycles. The van der Waals surface area contributed by atoms with Crippen molar-refractivity contribution in [2.24, 2.45) is 0 Å². The Morgan fingerprint density at radius 2 is 1.96 bits per heavy atom. The van der Waals surface area contributed by atoms with E-state index in [0.717, 1.165) is 31.6 Å². The highest BCUT2D eigenvalue weighted by molar-refractivity contribution is 5.77. The Bertz CT molecular complexity index is 908. The van der Waals surface area contributed by atoms with Crippen LogP contribution >= 0.6 is 0 Å². The number of aromatic nitrogens is 3. The van der Waals surface area contributed by atoms with Crippen LogP contribution in [0.15, 0.2) is 41.3 Å². The molecule has 6 heteroatoms. The number of H-pyrrole nitrogens is 1. The van der Waals surface area contributed by atoms with E-state index in [1.165, 1.54) is 6.07 Å². The fraction of sp³-hybridized carbons (Fsp3) is 0.294. The van der Waals surface area contributed by atoms with Gasteiger partial charge in [-0.25, -0.2) is 8.91 Å². The summed E-state index contributed by atoms with van der Waals surface area (Å²) < 4.78 is 15.8. The molecule has 5 nitrogen and oxygen atoms in total. The van der Waals surface area contributed by atoms with Crippen molar-refractivity contribution >= 4 is 5.65 Å². The number of aromatic amines is 1. The Morgan fingerprint density at radius 3 is 2.74 bits per heavy atom. The van der Waals surface area contributed by atoms with Crippen LogP contribution in [-0.4, -0.2) is 27.7 Å². The average Bonchev–Trinajstić information content (AvgIpc) is 2.99. The van der Waals surface area contributed by atoms with Gasteiger partial charge in [0.1, 0.15) is 11.5 Å². The molecule has 0 unspecified atom stereocenters. The highest BCUT2D eigenvalue weighted by Crippen LogP contribution is 2.29. The van der Waals surface area contributed by atoms with Crippen molar-refractivity contribution in [1.29, 1.82) is 0 Å². The largest absolute Gasteiger partial charge is 0.317 e. The van der Waals surface area contributed by atoms with E-state index in [2.05, 4.69) is 15.4 Å². The van der Waals surface area contributed by atoms with Gasteiger partial charge in [0, 0.05) is 23.1 Å². The van der Waals surface area contributed by atoms with E-state index in [9.17, 15) is 9.18 Å². The van der Waals surface area contributed by atoms with Gasteiger partial charge >= 0.3 is 0 Å². The van der Waals surface area contributed by atoms with Crippen LogP contribution in [0.2, 0.25) is 0 Å². The molecule has 0 atom stereocenters. The van der Waals surface area contributed by atoms with Gasteiger partial charge in [0.05, 0.1) is 11.9 Å². The molecule has 1 aliphatic heterocycles. The lowest BCUT2D eigenvalue weighted by Gasteiger charge is -2.23. The van der Waals surface area contributed by atoms with Crippen LogP contribution < -0.4 is 10.9 Å². The predicted octanol–water partition coefficient (Wildman–Crippen LogP) is 2.30. The molecule has 0 bridgehead atoms. The molecule has 2 N–H and O–H groups in total.